The number of rotatable bonds is 1. The molecule has 0 spiro atoms. The van der Waals surface area contributed by atoms with Crippen molar-refractivity contribution < 1.29 is 9.90 Å². The van der Waals surface area contributed by atoms with Crippen LogP contribution < -0.4 is 0 Å². The predicted octanol–water partition coefficient (Wildman–Crippen LogP) is 4.84. The maximum atomic E-state index is 11.2. The number of aliphatic imine (C=N–C) groups is 1. The Morgan fingerprint density at radius 1 is 0.850 bits per heavy atom. The van der Waals surface area contributed by atoms with E-state index in [0.717, 1.165) is 45.1 Å². The lowest BCUT2D eigenvalue weighted by molar-refractivity contribution is -0.142. The van der Waals surface area contributed by atoms with Gasteiger partial charge in [0.2, 0.25) is 0 Å². The fourth-order valence-electron chi connectivity index (χ4n) is 2.85. The lowest BCUT2D eigenvalue weighted by atomic mass is 9.95. The number of nitrogens with zero attached hydrogens (tertiary/aromatic N) is 1. The number of carboxylic acids is 1. The molecule has 0 saturated carbocycles. The fourth-order valence-corrected chi connectivity index (χ4v) is 2.85. The molecule has 0 saturated heterocycles. The molecule has 0 aromatic rings. The molecule has 0 radical (unpaired) electrons. The molecule has 0 aromatic heterocycles. The van der Waals surface area contributed by atoms with Crippen molar-refractivity contribution in [2.24, 2.45) is 10.9 Å². The van der Waals surface area contributed by atoms with E-state index in [0.29, 0.717) is 0 Å². The number of carboxylic acid groups (broad SMARTS) is 1. The minimum atomic E-state index is -0.605. The van der Waals surface area contributed by atoms with Crippen molar-refractivity contribution in [1.82, 2.24) is 0 Å². The van der Waals surface area contributed by atoms with Crippen LogP contribution in [-0.4, -0.2) is 23.8 Å². The number of aliphatic carboxylic acids is 1. The largest absolute Gasteiger partial charge is 0.481 e. The smallest absolute Gasteiger partial charge is 0.306 e. The molecule has 1 heterocycles. The van der Waals surface area contributed by atoms with Crippen LogP contribution in [0.4, 0.5) is 0 Å². The van der Waals surface area contributed by atoms with Gasteiger partial charge in [0.25, 0.3) is 0 Å². The molecule has 3 nitrogen and oxygen atoms in total. The van der Waals surface area contributed by atoms with Crippen molar-refractivity contribution in [3.05, 3.63) is 0 Å². The molecule has 1 aliphatic heterocycles. The van der Waals surface area contributed by atoms with Gasteiger partial charge in [-0.3, -0.25) is 9.79 Å². The summed E-state index contributed by atoms with van der Waals surface area (Å²) in [5, 5.41) is 9.23. The molecular weight excluding hydrogens is 250 g/mol. The van der Waals surface area contributed by atoms with Gasteiger partial charge in [-0.2, -0.15) is 0 Å². The molecule has 0 fully saturated rings. The lowest BCUT2D eigenvalue weighted by Crippen LogP contribution is -2.13. The summed E-state index contributed by atoms with van der Waals surface area (Å²) in [4.78, 5) is 15.6. The maximum Gasteiger partial charge on any atom is 0.306 e. The molecule has 3 heteroatoms. The third-order valence-electron chi connectivity index (χ3n) is 4.20. The van der Waals surface area contributed by atoms with E-state index in [1.54, 1.807) is 0 Å². The first-order chi connectivity index (χ1) is 9.80. The summed E-state index contributed by atoms with van der Waals surface area (Å²) in [7, 11) is 0. The van der Waals surface area contributed by atoms with E-state index in [9.17, 15) is 9.90 Å². The number of carbonyl (C=O) groups is 1. The van der Waals surface area contributed by atoms with E-state index in [4.69, 9.17) is 0 Å². The Bertz CT molecular complexity index is 276. The van der Waals surface area contributed by atoms with Crippen LogP contribution in [0.2, 0.25) is 0 Å². The average Bonchev–Trinajstić information content (AvgIpc) is 2.43. The van der Waals surface area contributed by atoms with E-state index < -0.39 is 5.97 Å². The zero-order valence-electron chi connectivity index (χ0n) is 12.9. The van der Waals surface area contributed by atoms with E-state index in [1.807, 2.05) is 0 Å². The van der Waals surface area contributed by atoms with Crippen molar-refractivity contribution in [2.45, 2.75) is 83.5 Å². The van der Waals surface area contributed by atoms with Crippen molar-refractivity contribution in [2.75, 3.05) is 6.54 Å². The van der Waals surface area contributed by atoms with E-state index in [1.165, 1.54) is 44.9 Å². The molecule has 1 unspecified atom stereocenters. The first-order valence-electron chi connectivity index (χ1n) is 8.52. The maximum absolute atomic E-state index is 11.2. The highest BCUT2D eigenvalue weighted by Gasteiger charge is 2.16. The fraction of sp³-hybridized carbons (Fsp3) is 0.882. The summed E-state index contributed by atoms with van der Waals surface area (Å²) in [5.74, 6) is -0.735. The van der Waals surface area contributed by atoms with Crippen LogP contribution in [0.25, 0.3) is 0 Å². The van der Waals surface area contributed by atoms with Gasteiger partial charge in [-0.05, 0) is 38.3 Å². The van der Waals surface area contributed by atoms with E-state index in [2.05, 4.69) is 11.2 Å². The van der Waals surface area contributed by atoms with Crippen LogP contribution in [0.5, 0.6) is 0 Å². The second-order valence-electron chi connectivity index (χ2n) is 6.03. The summed E-state index contributed by atoms with van der Waals surface area (Å²) in [6, 6.07) is 0. The van der Waals surface area contributed by atoms with Gasteiger partial charge in [-0.15, -0.1) is 0 Å². The Hall–Kier alpha value is -0.860. The monoisotopic (exact) mass is 281 g/mol. The van der Waals surface area contributed by atoms with Crippen molar-refractivity contribution in [3.8, 4) is 0 Å². The zero-order chi connectivity index (χ0) is 14.5. The summed E-state index contributed by atoms with van der Waals surface area (Å²) in [6.45, 7) is 0.867. The van der Waals surface area contributed by atoms with Gasteiger partial charge < -0.3 is 5.11 Å². The first kappa shape index (κ1) is 17.2. The third-order valence-corrected chi connectivity index (χ3v) is 4.20. The molecule has 0 bridgehead atoms. The normalized spacial score (nSPS) is 24.9. The summed E-state index contributed by atoms with van der Waals surface area (Å²) < 4.78 is 0. The molecule has 0 aromatic carbocycles. The van der Waals surface area contributed by atoms with Crippen LogP contribution in [0.15, 0.2) is 4.99 Å². The first-order valence-corrected chi connectivity index (χ1v) is 8.52. The molecule has 0 aliphatic carbocycles. The predicted molar refractivity (Wildman–Crippen MR) is 84.5 cm³/mol. The number of hydrogen-bond acceptors (Lipinski definition) is 2. The Labute approximate surface area is 123 Å². The van der Waals surface area contributed by atoms with Crippen molar-refractivity contribution in [1.29, 1.82) is 0 Å². The molecule has 0 amide bonds. The zero-order valence-corrected chi connectivity index (χ0v) is 12.9. The van der Waals surface area contributed by atoms with Gasteiger partial charge in [-0.25, -0.2) is 0 Å². The van der Waals surface area contributed by atoms with Gasteiger partial charge in [0.15, 0.2) is 0 Å². The Morgan fingerprint density at radius 3 is 2.05 bits per heavy atom. The van der Waals surface area contributed by atoms with Gasteiger partial charge in [-0.1, -0.05) is 51.4 Å². The van der Waals surface area contributed by atoms with Crippen molar-refractivity contribution >= 4 is 12.2 Å². The minimum Gasteiger partial charge on any atom is -0.481 e. The average molecular weight is 281 g/mol. The Kier molecular flexibility index (Phi) is 10.3. The van der Waals surface area contributed by atoms with Crippen LogP contribution in [0.3, 0.4) is 0 Å². The molecular formula is C17H31NO2. The van der Waals surface area contributed by atoms with Crippen LogP contribution >= 0.6 is 0 Å². The molecule has 1 rings (SSSR count). The second-order valence-corrected chi connectivity index (χ2v) is 6.03. The highest BCUT2D eigenvalue weighted by atomic mass is 16.4. The van der Waals surface area contributed by atoms with Crippen LogP contribution in [0, 0.1) is 5.92 Å². The van der Waals surface area contributed by atoms with Gasteiger partial charge in [0, 0.05) is 6.54 Å². The topological polar surface area (TPSA) is 49.7 Å². The quantitative estimate of drug-likeness (QED) is 0.747. The molecule has 20 heavy (non-hydrogen) atoms. The van der Waals surface area contributed by atoms with Gasteiger partial charge in [0.05, 0.1) is 5.92 Å². The summed E-state index contributed by atoms with van der Waals surface area (Å²) in [6.07, 6.45) is 17.0. The summed E-state index contributed by atoms with van der Waals surface area (Å²) in [5.41, 5.74) is 0. The minimum absolute atomic E-state index is 0.130. The number of hydrogen-bond donors (Lipinski definition) is 1. The lowest BCUT2D eigenvalue weighted by Gasteiger charge is -2.11. The Morgan fingerprint density at radius 2 is 1.40 bits per heavy atom. The standard InChI is InChI=1S/C17H31NO2/c19-17(20)16-12-8-6-4-2-1-3-5-7-10-14-18-15-11-9-13-16/h14,16H,1-13,15H2,(H,19,20). The highest BCUT2D eigenvalue weighted by molar-refractivity contribution is 5.69. The molecule has 116 valence electrons. The van der Waals surface area contributed by atoms with Crippen LogP contribution in [-0.2, 0) is 4.79 Å². The van der Waals surface area contributed by atoms with E-state index in [-0.39, 0.29) is 5.92 Å². The third kappa shape index (κ3) is 9.11. The van der Waals surface area contributed by atoms with Gasteiger partial charge >= 0.3 is 5.97 Å². The highest BCUT2D eigenvalue weighted by Crippen LogP contribution is 2.18. The summed E-state index contributed by atoms with van der Waals surface area (Å²) >= 11 is 0. The SMILES string of the molecule is O=C(O)C1CCCCCCCCCCC=NCCCC1. The van der Waals surface area contributed by atoms with E-state index >= 15 is 0 Å². The van der Waals surface area contributed by atoms with Crippen LogP contribution in [0.1, 0.15) is 83.5 Å². The molecule has 1 aliphatic rings. The van der Waals surface area contributed by atoms with Gasteiger partial charge in [0.1, 0.15) is 0 Å². The second kappa shape index (κ2) is 11.9. The van der Waals surface area contributed by atoms with Crippen molar-refractivity contribution in [3.63, 3.8) is 0 Å². The molecule has 1 N–H and O–H groups in total. The molecule has 1 atom stereocenters. The Balaban J connectivity index is 2.30.